The zero-order valence-electron chi connectivity index (χ0n) is 11.9. The van der Waals surface area contributed by atoms with Gasteiger partial charge in [-0.25, -0.2) is 9.59 Å². The second-order valence-corrected chi connectivity index (χ2v) is 4.58. The number of carboxylic acids is 1. The fourth-order valence-corrected chi connectivity index (χ4v) is 1.90. The van der Waals surface area contributed by atoms with E-state index in [-0.39, 0.29) is 18.2 Å². The molecular formula is C15H19NO4. The van der Waals surface area contributed by atoms with Gasteiger partial charge in [-0.1, -0.05) is 18.7 Å². The maximum absolute atomic E-state index is 12.1. The van der Waals surface area contributed by atoms with Crippen molar-refractivity contribution < 1.29 is 19.4 Å². The van der Waals surface area contributed by atoms with Crippen molar-refractivity contribution in [3.8, 4) is 0 Å². The summed E-state index contributed by atoms with van der Waals surface area (Å²) in [4.78, 5) is 24.7. The second kappa shape index (κ2) is 6.75. The maximum Gasteiger partial charge on any atom is 0.414 e. The van der Waals surface area contributed by atoms with E-state index in [1.165, 1.54) is 17.0 Å². The molecule has 0 atom stereocenters. The minimum atomic E-state index is -1.02. The number of rotatable bonds is 5. The van der Waals surface area contributed by atoms with Crippen LogP contribution in [0.2, 0.25) is 0 Å². The minimum absolute atomic E-state index is 0.111. The Morgan fingerprint density at radius 1 is 1.45 bits per heavy atom. The number of carboxylic acid groups (broad SMARTS) is 1. The lowest BCUT2D eigenvalue weighted by Gasteiger charge is -2.27. The van der Waals surface area contributed by atoms with Crippen molar-refractivity contribution in [2.45, 2.75) is 26.8 Å². The fourth-order valence-electron chi connectivity index (χ4n) is 1.90. The van der Waals surface area contributed by atoms with Crippen molar-refractivity contribution in [2.24, 2.45) is 0 Å². The van der Waals surface area contributed by atoms with Gasteiger partial charge in [0.2, 0.25) is 0 Å². The molecule has 0 unspecified atom stereocenters. The van der Waals surface area contributed by atoms with Gasteiger partial charge in [0.05, 0.1) is 11.3 Å². The average molecular weight is 277 g/mol. The fraction of sp³-hybridized carbons (Fsp3) is 0.333. The number of aromatic carboxylic acids is 1. The smallest absolute Gasteiger partial charge is 0.414 e. The summed E-state index contributed by atoms with van der Waals surface area (Å²) in [5, 5.41) is 9.14. The molecule has 1 aromatic carbocycles. The van der Waals surface area contributed by atoms with Crippen LogP contribution >= 0.6 is 0 Å². The van der Waals surface area contributed by atoms with Gasteiger partial charge in [-0.2, -0.15) is 0 Å². The Hall–Kier alpha value is -2.30. The van der Waals surface area contributed by atoms with Crippen molar-refractivity contribution in [1.82, 2.24) is 0 Å². The standard InChI is InChI=1S/C15H19NO4/c1-5-9-20-15(19)16(10(2)3)13-8-6-7-12(11(13)4)14(17)18/h5-8,10H,1,9H2,2-4H3,(H,17,18). The molecule has 0 aliphatic rings. The highest BCUT2D eigenvalue weighted by molar-refractivity contribution is 5.95. The summed E-state index contributed by atoms with van der Waals surface area (Å²) in [6.07, 6.45) is 0.960. The third-order valence-corrected chi connectivity index (χ3v) is 2.83. The van der Waals surface area contributed by atoms with E-state index >= 15 is 0 Å². The normalized spacial score (nSPS) is 10.2. The molecular weight excluding hydrogens is 258 g/mol. The predicted octanol–water partition coefficient (Wildman–Crippen LogP) is 3.23. The van der Waals surface area contributed by atoms with E-state index in [0.29, 0.717) is 11.3 Å². The highest BCUT2D eigenvalue weighted by Crippen LogP contribution is 2.25. The van der Waals surface area contributed by atoms with E-state index in [2.05, 4.69) is 6.58 Å². The van der Waals surface area contributed by atoms with Crippen molar-refractivity contribution in [1.29, 1.82) is 0 Å². The molecule has 0 fully saturated rings. The minimum Gasteiger partial charge on any atom is -0.478 e. The Kier molecular flexibility index (Phi) is 5.32. The molecule has 5 heteroatoms. The third kappa shape index (κ3) is 3.38. The van der Waals surface area contributed by atoms with Crippen LogP contribution in [0.5, 0.6) is 0 Å². The quantitative estimate of drug-likeness (QED) is 0.839. The van der Waals surface area contributed by atoms with Crippen LogP contribution in [0.3, 0.4) is 0 Å². The molecule has 1 N–H and O–H groups in total. The van der Waals surface area contributed by atoms with Crippen LogP contribution in [0, 0.1) is 6.92 Å². The molecule has 5 nitrogen and oxygen atoms in total. The van der Waals surface area contributed by atoms with Gasteiger partial charge < -0.3 is 9.84 Å². The predicted molar refractivity (Wildman–Crippen MR) is 77.3 cm³/mol. The van der Waals surface area contributed by atoms with E-state index in [0.717, 1.165) is 0 Å². The van der Waals surface area contributed by atoms with E-state index in [4.69, 9.17) is 9.84 Å². The molecule has 0 saturated heterocycles. The number of carbonyl (C=O) groups is 2. The van der Waals surface area contributed by atoms with Gasteiger partial charge in [-0.15, -0.1) is 0 Å². The largest absolute Gasteiger partial charge is 0.478 e. The summed E-state index contributed by atoms with van der Waals surface area (Å²) in [6, 6.07) is 4.67. The first kappa shape index (κ1) is 15.8. The summed E-state index contributed by atoms with van der Waals surface area (Å²) in [5.41, 5.74) is 1.24. The van der Waals surface area contributed by atoms with Gasteiger partial charge in [0.1, 0.15) is 6.61 Å². The first-order valence-corrected chi connectivity index (χ1v) is 6.30. The summed E-state index contributed by atoms with van der Waals surface area (Å²) in [7, 11) is 0. The van der Waals surface area contributed by atoms with Crippen LogP contribution in [-0.2, 0) is 4.74 Å². The average Bonchev–Trinajstić information content (AvgIpc) is 2.37. The number of benzene rings is 1. The number of carbonyl (C=O) groups excluding carboxylic acids is 1. The highest BCUT2D eigenvalue weighted by atomic mass is 16.6. The topological polar surface area (TPSA) is 66.8 Å². The Balaban J connectivity index is 3.22. The lowest BCUT2D eigenvalue weighted by molar-refractivity contribution is 0.0696. The van der Waals surface area contributed by atoms with Gasteiger partial charge >= 0.3 is 12.1 Å². The van der Waals surface area contributed by atoms with Crippen LogP contribution in [0.1, 0.15) is 29.8 Å². The molecule has 0 spiro atoms. The second-order valence-electron chi connectivity index (χ2n) is 4.58. The lowest BCUT2D eigenvalue weighted by atomic mass is 10.1. The van der Waals surface area contributed by atoms with Crippen LogP contribution in [0.15, 0.2) is 30.9 Å². The molecule has 0 bridgehead atoms. The third-order valence-electron chi connectivity index (χ3n) is 2.83. The van der Waals surface area contributed by atoms with Crippen molar-refractivity contribution in [2.75, 3.05) is 11.5 Å². The van der Waals surface area contributed by atoms with Crippen molar-refractivity contribution in [3.63, 3.8) is 0 Å². The van der Waals surface area contributed by atoms with Crippen LogP contribution in [-0.4, -0.2) is 29.8 Å². The molecule has 0 aromatic heterocycles. The van der Waals surface area contributed by atoms with Crippen LogP contribution < -0.4 is 4.90 Å². The number of nitrogens with zero attached hydrogens (tertiary/aromatic N) is 1. The number of anilines is 1. The number of ether oxygens (including phenoxy) is 1. The Labute approximate surface area is 118 Å². The van der Waals surface area contributed by atoms with Crippen LogP contribution in [0.4, 0.5) is 10.5 Å². The molecule has 1 aromatic rings. The molecule has 0 radical (unpaired) electrons. The van der Waals surface area contributed by atoms with E-state index < -0.39 is 12.1 Å². The van der Waals surface area contributed by atoms with E-state index in [1.807, 2.05) is 13.8 Å². The van der Waals surface area contributed by atoms with Gasteiger partial charge in [0, 0.05) is 6.04 Å². The summed E-state index contributed by atoms with van der Waals surface area (Å²) < 4.78 is 5.05. The number of hydrogen-bond donors (Lipinski definition) is 1. The molecule has 20 heavy (non-hydrogen) atoms. The molecule has 0 saturated carbocycles. The molecule has 108 valence electrons. The van der Waals surface area contributed by atoms with Crippen molar-refractivity contribution in [3.05, 3.63) is 42.0 Å². The van der Waals surface area contributed by atoms with E-state index in [9.17, 15) is 9.59 Å². The molecule has 1 amide bonds. The Morgan fingerprint density at radius 3 is 2.60 bits per heavy atom. The van der Waals surface area contributed by atoms with Gasteiger partial charge in [-0.3, -0.25) is 4.90 Å². The number of hydrogen-bond acceptors (Lipinski definition) is 3. The van der Waals surface area contributed by atoms with Crippen molar-refractivity contribution >= 4 is 17.7 Å². The molecule has 1 rings (SSSR count). The maximum atomic E-state index is 12.1. The summed E-state index contributed by atoms with van der Waals surface area (Å²) in [5.74, 6) is -1.02. The zero-order chi connectivity index (χ0) is 15.3. The molecule has 0 aliphatic carbocycles. The van der Waals surface area contributed by atoms with Crippen LogP contribution in [0.25, 0.3) is 0 Å². The van der Waals surface area contributed by atoms with E-state index in [1.54, 1.807) is 19.1 Å². The molecule has 0 heterocycles. The number of amides is 1. The Bertz CT molecular complexity index is 523. The highest BCUT2D eigenvalue weighted by Gasteiger charge is 2.23. The van der Waals surface area contributed by atoms with Gasteiger partial charge in [-0.05, 0) is 38.5 Å². The summed E-state index contributed by atoms with van der Waals surface area (Å²) in [6.45, 7) is 8.95. The summed E-state index contributed by atoms with van der Waals surface area (Å²) >= 11 is 0. The van der Waals surface area contributed by atoms with Gasteiger partial charge in [0.25, 0.3) is 0 Å². The monoisotopic (exact) mass is 277 g/mol. The first-order chi connectivity index (χ1) is 9.40. The molecule has 0 aliphatic heterocycles. The van der Waals surface area contributed by atoms with Gasteiger partial charge in [0.15, 0.2) is 0 Å². The first-order valence-electron chi connectivity index (χ1n) is 6.30. The Morgan fingerprint density at radius 2 is 2.10 bits per heavy atom. The zero-order valence-corrected chi connectivity index (χ0v) is 11.9. The lowest BCUT2D eigenvalue weighted by Crippen LogP contribution is -2.38. The SMILES string of the molecule is C=CCOC(=O)N(c1cccc(C(=O)O)c1C)C(C)C.